The van der Waals surface area contributed by atoms with Gasteiger partial charge in [-0.05, 0) is 82.5 Å². The van der Waals surface area contributed by atoms with Crippen molar-refractivity contribution in [2.45, 2.75) is 39.2 Å². The molecule has 0 bridgehead atoms. The molecule has 2 aromatic carbocycles. The summed E-state index contributed by atoms with van der Waals surface area (Å²) in [7, 11) is 0. The second kappa shape index (κ2) is 10.0. The van der Waals surface area contributed by atoms with Gasteiger partial charge in [0.05, 0.1) is 17.9 Å². The molecule has 1 amide bonds. The van der Waals surface area contributed by atoms with Gasteiger partial charge in [0.2, 0.25) is 0 Å². The van der Waals surface area contributed by atoms with Gasteiger partial charge in [0, 0.05) is 34.4 Å². The number of halogens is 2. The van der Waals surface area contributed by atoms with Crippen molar-refractivity contribution in [3.63, 3.8) is 0 Å². The molecule has 2 aliphatic rings. The lowest BCUT2D eigenvalue weighted by Gasteiger charge is -2.27. The monoisotopic (exact) mass is 501 g/mol. The number of benzene rings is 2. The highest BCUT2D eigenvalue weighted by Gasteiger charge is 2.36. The molecule has 0 saturated carbocycles. The van der Waals surface area contributed by atoms with Gasteiger partial charge in [-0.25, -0.2) is 4.90 Å². The number of amides is 1. The van der Waals surface area contributed by atoms with E-state index in [9.17, 15) is 4.79 Å². The van der Waals surface area contributed by atoms with Crippen LogP contribution in [0.4, 0.5) is 5.69 Å². The van der Waals surface area contributed by atoms with Gasteiger partial charge in [-0.1, -0.05) is 29.3 Å². The van der Waals surface area contributed by atoms with E-state index < -0.39 is 5.60 Å². The van der Waals surface area contributed by atoms with Gasteiger partial charge < -0.3 is 14.2 Å². The van der Waals surface area contributed by atoms with E-state index >= 15 is 0 Å². The minimum Gasteiger partial charge on any atom is -0.493 e. The summed E-state index contributed by atoms with van der Waals surface area (Å²) in [4.78, 5) is 15.1. The Balaban J connectivity index is 1.69. The van der Waals surface area contributed by atoms with Crippen LogP contribution >= 0.6 is 23.2 Å². The summed E-state index contributed by atoms with van der Waals surface area (Å²) in [6.07, 6.45) is 3.76. The first-order chi connectivity index (χ1) is 16.1. The van der Waals surface area contributed by atoms with Crippen LogP contribution in [0.2, 0.25) is 10.0 Å². The zero-order chi connectivity index (χ0) is 24.5. The molecule has 2 aliphatic heterocycles. The summed E-state index contributed by atoms with van der Waals surface area (Å²) >= 11 is 12.6. The van der Waals surface area contributed by atoms with Crippen LogP contribution in [-0.4, -0.2) is 31.3 Å². The first kappa shape index (κ1) is 24.6. The van der Waals surface area contributed by atoms with Crippen molar-refractivity contribution in [1.82, 2.24) is 0 Å². The minimum absolute atomic E-state index is 0.242. The van der Waals surface area contributed by atoms with E-state index in [4.69, 9.17) is 37.4 Å². The molecule has 1 fully saturated rings. The van der Waals surface area contributed by atoms with Crippen LogP contribution in [0.15, 0.2) is 48.9 Å². The molecule has 2 heterocycles. The lowest BCUT2D eigenvalue weighted by atomic mass is 10.0. The third kappa shape index (κ3) is 5.60. The van der Waals surface area contributed by atoms with Crippen LogP contribution in [0.1, 0.15) is 44.7 Å². The SMILES string of the molecule is C=C(OC(C)(C)C)N1C(=O)/C(=C/c2cc(Cl)ccc2OCC2CCOCC2)c2ccc(Cl)cc21. The van der Waals surface area contributed by atoms with Crippen molar-refractivity contribution in [2.75, 3.05) is 24.7 Å². The molecule has 2 aromatic rings. The summed E-state index contributed by atoms with van der Waals surface area (Å²) in [6, 6.07) is 10.8. The maximum atomic E-state index is 13.6. The summed E-state index contributed by atoms with van der Waals surface area (Å²) in [5, 5.41) is 1.08. The highest BCUT2D eigenvalue weighted by molar-refractivity contribution is 6.38. The molecule has 0 atom stereocenters. The molecule has 0 radical (unpaired) electrons. The number of carbonyl (C=O) groups is 1. The first-order valence-corrected chi connectivity index (χ1v) is 12.1. The van der Waals surface area contributed by atoms with Crippen molar-refractivity contribution >= 4 is 46.4 Å². The molecular formula is C27H29Cl2NO4. The Labute approximate surface area is 210 Å². The molecule has 0 aliphatic carbocycles. The highest BCUT2D eigenvalue weighted by Crippen LogP contribution is 2.42. The molecule has 4 rings (SSSR count). The number of ether oxygens (including phenoxy) is 3. The molecule has 5 nitrogen and oxygen atoms in total. The number of fused-ring (bicyclic) bond motifs is 1. The van der Waals surface area contributed by atoms with E-state index in [-0.39, 0.29) is 11.8 Å². The summed E-state index contributed by atoms with van der Waals surface area (Å²) in [6.45, 7) is 11.8. The third-order valence-electron chi connectivity index (χ3n) is 5.68. The number of anilines is 1. The summed E-state index contributed by atoms with van der Waals surface area (Å²) < 4.78 is 17.5. The number of carbonyl (C=O) groups excluding carboxylic acids is 1. The second-order valence-electron chi connectivity index (χ2n) is 9.52. The largest absolute Gasteiger partial charge is 0.493 e. The fourth-order valence-corrected chi connectivity index (χ4v) is 4.44. The molecule has 0 unspecified atom stereocenters. The zero-order valence-corrected chi connectivity index (χ0v) is 21.2. The lowest BCUT2D eigenvalue weighted by molar-refractivity contribution is -0.113. The van der Waals surface area contributed by atoms with Gasteiger partial charge in [-0.3, -0.25) is 4.79 Å². The number of rotatable bonds is 6. The molecule has 7 heteroatoms. The molecule has 34 heavy (non-hydrogen) atoms. The van der Waals surface area contributed by atoms with Crippen LogP contribution in [0, 0.1) is 5.92 Å². The summed E-state index contributed by atoms with van der Waals surface area (Å²) in [5.41, 5.74) is 2.07. The van der Waals surface area contributed by atoms with E-state index in [1.54, 1.807) is 24.3 Å². The topological polar surface area (TPSA) is 48.0 Å². The maximum Gasteiger partial charge on any atom is 0.265 e. The van der Waals surface area contributed by atoms with E-state index in [1.807, 2.05) is 39.0 Å². The number of hydrogen-bond acceptors (Lipinski definition) is 4. The van der Waals surface area contributed by atoms with Gasteiger partial charge >= 0.3 is 0 Å². The Morgan fingerprint density at radius 3 is 2.53 bits per heavy atom. The predicted octanol–water partition coefficient (Wildman–Crippen LogP) is 6.97. The average molecular weight is 502 g/mol. The van der Waals surface area contributed by atoms with Crippen LogP contribution in [0.25, 0.3) is 11.6 Å². The molecule has 0 aromatic heterocycles. The van der Waals surface area contributed by atoms with Crippen LogP contribution in [-0.2, 0) is 14.3 Å². The van der Waals surface area contributed by atoms with Crippen molar-refractivity contribution in [2.24, 2.45) is 5.92 Å². The van der Waals surface area contributed by atoms with E-state index in [1.165, 1.54) is 4.90 Å². The smallest absolute Gasteiger partial charge is 0.265 e. The maximum absolute atomic E-state index is 13.6. The van der Waals surface area contributed by atoms with Crippen LogP contribution < -0.4 is 9.64 Å². The van der Waals surface area contributed by atoms with E-state index in [0.29, 0.717) is 39.6 Å². The Hall–Kier alpha value is -2.47. The fraction of sp³-hybridized carbons (Fsp3) is 0.370. The van der Waals surface area contributed by atoms with Crippen LogP contribution in [0.5, 0.6) is 5.75 Å². The predicted molar refractivity (Wildman–Crippen MR) is 137 cm³/mol. The average Bonchev–Trinajstić information content (AvgIpc) is 3.03. The van der Waals surface area contributed by atoms with Crippen molar-refractivity contribution in [3.8, 4) is 5.75 Å². The van der Waals surface area contributed by atoms with E-state index in [2.05, 4.69) is 6.58 Å². The molecule has 180 valence electrons. The molecular weight excluding hydrogens is 473 g/mol. The molecule has 1 saturated heterocycles. The zero-order valence-electron chi connectivity index (χ0n) is 19.7. The number of nitrogens with zero attached hydrogens (tertiary/aromatic N) is 1. The highest BCUT2D eigenvalue weighted by atomic mass is 35.5. The summed E-state index contributed by atoms with van der Waals surface area (Å²) in [5.74, 6) is 1.11. The van der Waals surface area contributed by atoms with Gasteiger partial charge in [0.25, 0.3) is 5.91 Å². The number of hydrogen-bond donors (Lipinski definition) is 0. The van der Waals surface area contributed by atoms with Gasteiger partial charge in [-0.2, -0.15) is 0 Å². The Morgan fingerprint density at radius 1 is 1.15 bits per heavy atom. The van der Waals surface area contributed by atoms with Gasteiger partial charge in [-0.15, -0.1) is 0 Å². The first-order valence-electron chi connectivity index (χ1n) is 11.4. The van der Waals surface area contributed by atoms with Gasteiger partial charge in [0.15, 0.2) is 5.88 Å². The van der Waals surface area contributed by atoms with Crippen molar-refractivity contribution < 1.29 is 19.0 Å². The quantitative estimate of drug-likeness (QED) is 0.316. The Bertz CT molecular complexity index is 1130. The second-order valence-corrected chi connectivity index (χ2v) is 10.4. The minimum atomic E-state index is -0.513. The normalized spacial score (nSPS) is 17.7. The third-order valence-corrected chi connectivity index (χ3v) is 6.16. The van der Waals surface area contributed by atoms with Crippen molar-refractivity contribution in [1.29, 1.82) is 0 Å². The Morgan fingerprint density at radius 2 is 1.82 bits per heavy atom. The van der Waals surface area contributed by atoms with Gasteiger partial charge in [0.1, 0.15) is 11.4 Å². The van der Waals surface area contributed by atoms with Crippen LogP contribution in [0.3, 0.4) is 0 Å². The van der Waals surface area contributed by atoms with Crippen molar-refractivity contribution in [3.05, 3.63) is 70.0 Å². The standard InChI is InChI=1S/C27H29Cl2NO4/c1-17(34-27(2,3)4)30-24-15-21(29)5-7-22(24)23(26(30)31)14-19-13-20(28)6-8-25(19)33-16-18-9-11-32-12-10-18/h5-8,13-15,18H,1,9-12,16H2,2-4H3/b23-14+. The molecule has 0 N–H and O–H groups in total. The Kier molecular flexibility index (Phi) is 7.27. The van der Waals surface area contributed by atoms with E-state index in [0.717, 1.165) is 37.2 Å². The lowest BCUT2D eigenvalue weighted by Crippen LogP contribution is -2.31. The molecule has 0 spiro atoms. The fourth-order valence-electron chi connectivity index (χ4n) is 4.09.